The van der Waals surface area contributed by atoms with Crippen LogP contribution in [-0.2, 0) is 9.53 Å². The van der Waals surface area contributed by atoms with Gasteiger partial charge in [0.1, 0.15) is 11.3 Å². The van der Waals surface area contributed by atoms with E-state index in [1.807, 2.05) is 18.2 Å². The van der Waals surface area contributed by atoms with Gasteiger partial charge in [-0.05, 0) is 37.1 Å². The molecule has 0 aliphatic carbocycles. The van der Waals surface area contributed by atoms with Crippen LogP contribution in [-0.4, -0.2) is 66.3 Å². The molecular weight excluding hydrogens is 476 g/mol. The summed E-state index contributed by atoms with van der Waals surface area (Å²) in [5, 5.41) is 6.26. The van der Waals surface area contributed by atoms with Crippen molar-refractivity contribution in [1.29, 1.82) is 0 Å². The normalized spacial score (nSPS) is 13.6. The third kappa shape index (κ3) is 5.78. The highest BCUT2D eigenvalue weighted by Crippen LogP contribution is 2.34. The van der Waals surface area contributed by atoms with Gasteiger partial charge in [-0.2, -0.15) is 0 Å². The van der Waals surface area contributed by atoms with E-state index in [1.54, 1.807) is 24.4 Å². The van der Waals surface area contributed by atoms with Crippen LogP contribution in [0.4, 0.5) is 10.6 Å². The van der Waals surface area contributed by atoms with Crippen molar-refractivity contribution in [1.82, 2.24) is 25.6 Å². The zero-order valence-electron chi connectivity index (χ0n) is 20.5. The van der Waals surface area contributed by atoms with Gasteiger partial charge in [0, 0.05) is 44.9 Å². The van der Waals surface area contributed by atoms with Gasteiger partial charge in [0.2, 0.25) is 11.6 Å². The zero-order chi connectivity index (χ0) is 25.6. The number of nitrogens with zero attached hydrogens (tertiary/aromatic N) is 4. The number of aromatic nitrogens is 3. The Kier molecular flexibility index (Phi) is 7.41. The fourth-order valence-corrected chi connectivity index (χ4v) is 4.13. The van der Waals surface area contributed by atoms with Gasteiger partial charge >= 0.3 is 6.09 Å². The number of unbranched alkanes of at least 4 members (excludes halogenated alkanes) is 1. The van der Waals surface area contributed by atoms with Crippen LogP contribution in [0.5, 0.6) is 5.75 Å². The maximum atomic E-state index is 12.3. The monoisotopic (exact) mass is 504 g/mol. The summed E-state index contributed by atoms with van der Waals surface area (Å²) < 4.78 is 17.1. The molecule has 1 fully saturated rings. The van der Waals surface area contributed by atoms with Crippen LogP contribution in [0.2, 0.25) is 0 Å². The van der Waals surface area contributed by atoms with Gasteiger partial charge in [0.15, 0.2) is 17.2 Å². The van der Waals surface area contributed by atoms with Gasteiger partial charge < -0.3 is 29.4 Å². The van der Waals surface area contributed by atoms with Crippen molar-refractivity contribution in [2.75, 3.05) is 44.3 Å². The SMILES string of the molecule is CC(=O)NCCCCNC(=O)Oc1cccc(-c2nc(N3CCOCC3)c3oc4ncccc4c3n2)c1. The predicted molar refractivity (Wildman–Crippen MR) is 138 cm³/mol. The molecule has 0 spiro atoms. The van der Waals surface area contributed by atoms with E-state index in [4.69, 9.17) is 23.9 Å². The van der Waals surface area contributed by atoms with Crippen LogP contribution >= 0.6 is 0 Å². The molecule has 11 nitrogen and oxygen atoms in total. The Bertz CT molecular complexity index is 1420. The van der Waals surface area contributed by atoms with Gasteiger partial charge in [-0.25, -0.2) is 19.7 Å². The van der Waals surface area contributed by atoms with E-state index in [-0.39, 0.29) is 5.91 Å². The lowest BCUT2D eigenvalue weighted by atomic mass is 10.2. The van der Waals surface area contributed by atoms with Crippen molar-refractivity contribution in [3.05, 3.63) is 42.6 Å². The summed E-state index contributed by atoms with van der Waals surface area (Å²) in [5.74, 6) is 1.49. The molecule has 2 amide bonds. The molecule has 0 unspecified atom stereocenters. The third-order valence-corrected chi connectivity index (χ3v) is 5.93. The number of benzene rings is 1. The Morgan fingerprint density at radius 1 is 1.05 bits per heavy atom. The van der Waals surface area contributed by atoms with Crippen molar-refractivity contribution >= 4 is 40.0 Å². The number of rotatable bonds is 8. The fraction of sp³-hybridized carbons (Fsp3) is 0.346. The van der Waals surface area contributed by atoms with Crippen molar-refractivity contribution in [2.24, 2.45) is 0 Å². The molecule has 0 saturated carbocycles. The number of anilines is 1. The number of hydrogen-bond acceptors (Lipinski definition) is 9. The van der Waals surface area contributed by atoms with Crippen LogP contribution in [0.25, 0.3) is 33.6 Å². The van der Waals surface area contributed by atoms with Gasteiger partial charge in [0.05, 0.1) is 18.6 Å². The maximum absolute atomic E-state index is 12.3. The van der Waals surface area contributed by atoms with E-state index >= 15 is 0 Å². The Balaban J connectivity index is 1.36. The van der Waals surface area contributed by atoms with E-state index in [9.17, 15) is 9.59 Å². The van der Waals surface area contributed by atoms with Gasteiger partial charge in [-0.3, -0.25) is 4.79 Å². The average Bonchev–Trinajstić information content (AvgIpc) is 3.29. The Labute approximate surface area is 213 Å². The maximum Gasteiger partial charge on any atom is 0.412 e. The van der Waals surface area contributed by atoms with Gasteiger partial charge in [-0.15, -0.1) is 0 Å². The molecule has 1 aliphatic heterocycles. The molecule has 192 valence electrons. The molecule has 11 heteroatoms. The minimum atomic E-state index is -0.547. The number of carbonyl (C=O) groups is 2. The van der Waals surface area contributed by atoms with Crippen LogP contribution < -0.4 is 20.3 Å². The molecule has 1 aromatic carbocycles. The molecule has 4 aromatic rings. The van der Waals surface area contributed by atoms with Crippen LogP contribution in [0.1, 0.15) is 19.8 Å². The number of hydrogen-bond donors (Lipinski definition) is 2. The van der Waals surface area contributed by atoms with E-state index in [0.29, 0.717) is 79.2 Å². The van der Waals surface area contributed by atoms with E-state index in [0.717, 1.165) is 18.2 Å². The van der Waals surface area contributed by atoms with Crippen LogP contribution in [0.15, 0.2) is 47.0 Å². The van der Waals surface area contributed by atoms with Crippen LogP contribution in [0, 0.1) is 0 Å². The summed E-state index contributed by atoms with van der Waals surface area (Å²) in [5.41, 5.74) is 2.47. The van der Waals surface area contributed by atoms with Crippen LogP contribution in [0.3, 0.4) is 0 Å². The van der Waals surface area contributed by atoms with E-state index in [1.165, 1.54) is 6.92 Å². The van der Waals surface area contributed by atoms with Crippen molar-refractivity contribution < 1.29 is 23.5 Å². The summed E-state index contributed by atoms with van der Waals surface area (Å²) in [6, 6.07) is 10.9. The highest BCUT2D eigenvalue weighted by molar-refractivity contribution is 6.05. The number of ether oxygens (including phenoxy) is 2. The number of amides is 2. The first kappa shape index (κ1) is 24.4. The standard InChI is InChI=1S/C26H28N6O5/c1-17(33)27-9-2-3-10-29-26(34)36-19-7-4-6-18(16-19)23-30-21-20-8-5-11-28-25(20)37-22(21)24(31-23)32-12-14-35-15-13-32/h4-8,11,16H,2-3,9-10,12-15H2,1H3,(H,27,33)(H,29,34). The third-order valence-electron chi connectivity index (χ3n) is 5.93. The molecular formula is C26H28N6O5. The molecule has 0 bridgehead atoms. The predicted octanol–water partition coefficient (Wildman–Crippen LogP) is 3.28. The second-order valence-electron chi connectivity index (χ2n) is 8.64. The molecule has 4 heterocycles. The lowest BCUT2D eigenvalue weighted by molar-refractivity contribution is -0.118. The molecule has 0 radical (unpaired) electrons. The number of fused-ring (bicyclic) bond motifs is 3. The molecule has 0 atom stereocenters. The summed E-state index contributed by atoms with van der Waals surface area (Å²) in [6.07, 6.45) is 2.62. The molecule has 37 heavy (non-hydrogen) atoms. The first-order chi connectivity index (χ1) is 18.1. The molecule has 3 aromatic heterocycles. The first-order valence-corrected chi connectivity index (χ1v) is 12.3. The Hall–Kier alpha value is -4.25. The van der Waals surface area contributed by atoms with E-state index < -0.39 is 6.09 Å². The molecule has 1 aliphatic rings. The Morgan fingerprint density at radius 2 is 1.86 bits per heavy atom. The quantitative estimate of drug-likeness (QED) is 0.347. The number of morpholine rings is 1. The Morgan fingerprint density at radius 3 is 2.68 bits per heavy atom. The summed E-state index contributed by atoms with van der Waals surface area (Å²) >= 11 is 0. The minimum absolute atomic E-state index is 0.0648. The first-order valence-electron chi connectivity index (χ1n) is 12.3. The lowest BCUT2D eigenvalue weighted by Gasteiger charge is -2.27. The second-order valence-corrected chi connectivity index (χ2v) is 8.64. The van der Waals surface area contributed by atoms with E-state index in [2.05, 4.69) is 20.5 Å². The largest absolute Gasteiger partial charge is 0.432 e. The molecule has 2 N–H and O–H groups in total. The average molecular weight is 505 g/mol. The summed E-state index contributed by atoms with van der Waals surface area (Å²) in [7, 11) is 0. The zero-order valence-corrected chi connectivity index (χ0v) is 20.5. The van der Waals surface area contributed by atoms with Crippen molar-refractivity contribution in [3.8, 4) is 17.1 Å². The number of carbonyl (C=O) groups excluding carboxylic acids is 2. The molecule has 5 rings (SSSR count). The fourth-order valence-electron chi connectivity index (χ4n) is 4.13. The summed E-state index contributed by atoms with van der Waals surface area (Å²) in [6.45, 7) is 5.07. The van der Waals surface area contributed by atoms with Crippen molar-refractivity contribution in [2.45, 2.75) is 19.8 Å². The highest BCUT2D eigenvalue weighted by Gasteiger charge is 2.23. The minimum Gasteiger partial charge on any atom is -0.432 e. The number of pyridine rings is 1. The topological polar surface area (TPSA) is 132 Å². The van der Waals surface area contributed by atoms with Crippen molar-refractivity contribution in [3.63, 3.8) is 0 Å². The highest BCUT2D eigenvalue weighted by atomic mass is 16.6. The smallest absolute Gasteiger partial charge is 0.412 e. The molecule has 1 saturated heterocycles. The summed E-state index contributed by atoms with van der Waals surface area (Å²) in [4.78, 5) is 39.3. The number of nitrogens with one attached hydrogen (secondary N) is 2. The van der Waals surface area contributed by atoms with Gasteiger partial charge in [0.25, 0.3) is 0 Å². The lowest BCUT2D eigenvalue weighted by Crippen LogP contribution is -2.37. The second kappa shape index (κ2) is 11.2. The number of furan rings is 1. The van der Waals surface area contributed by atoms with Gasteiger partial charge in [-0.1, -0.05) is 12.1 Å².